The lowest BCUT2D eigenvalue weighted by atomic mass is 10.0. The summed E-state index contributed by atoms with van der Waals surface area (Å²) in [6.45, 7) is 5.65. The van der Waals surface area contributed by atoms with E-state index in [-0.39, 0.29) is 11.9 Å². The smallest absolute Gasteiger partial charge is 0.234 e. The molecule has 0 spiro atoms. The molecule has 4 nitrogen and oxygen atoms in total. The van der Waals surface area contributed by atoms with Gasteiger partial charge in [0.25, 0.3) is 0 Å². The normalized spacial score (nSPS) is 21.0. The van der Waals surface area contributed by atoms with E-state index >= 15 is 0 Å². The molecule has 3 rings (SSSR count). The van der Waals surface area contributed by atoms with Crippen molar-refractivity contribution in [2.75, 3.05) is 32.8 Å². The number of amides is 1. The van der Waals surface area contributed by atoms with Crippen molar-refractivity contribution < 1.29 is 9.53 Å². The highest BCUT2D eigenvalue weighted by atomic mass is 32.2. The molecule has 1 saturated heterocycles. The molecular weight excluding hydrogens is 332 g/mol. The van der Waals surface area contributed by atoms with Crippen molar-refractivity contribution in [2.24, 2.45) is 0 Å². The van der Waals surface area contributed by atoms with Crippen LogP contribution in [0.5, 0.6) is 0 Å². The minimum absolute atomic E-state index is 0.0438. The standard InChI is InChI=1S/C20H30N2O2S/c1-16(21-20(23)15-22-11-13-24-14-12-22)17-7-9-19(10-8-17)25-18-5-3-2-4-6-18/h7-10,16,18H,2-6,11-15H2,1H3,(H,21,23). The van der Waals surface area contributed by atoms with E-state index in [1.165, 1.54) is 42.6 Å². The van der Waals surface area contributed by atoms with Gasteiger partial charge in [0.1, 0.15) is 0 Å². The molecular formula is C20H30N2O2S. The number of hydrogen-bond acceptors (Lipinski definition) is 4. The highest BCUT2D eigenvalue weighted by Crippen LogP contribution is 2.33. The molecule has 0 aromatic heterocycles. The molecule has 0 radical (unpaired) electrons. The monoisotopic (exact) mass is 362 g/mol. The fourth-order valence-corrected chi connectivity index (χ4v) is 4.79. The molecule has 25 heavy (non-hydrogen) atoms. The van der Waals surface area contributed by atoms with Gasteiger partial charge in [-0.15, -0.1) is 11.8 Å². The second-order valence-electron chi connectivity index (χ2n) is 7.12. The van der Waals surface area contributed by atoms with Gasteiger partial charge in [0.2, 0.25) is 5.91 Å². The maximum Gasteiger partial charge on any atom is 0.234 e. The Bertz CT molecular complexity index is 537. The van der Waals surface area contributed by atoms with Crippen LogP contribution in [0.2, 0.25) is 0 Å². The number of benzene rings is 1. The fraction of sp³-hybridized carbons (Fsp3) is 0.650. The summed E-state index contributed by atoms with van der Waals surface area (Å²) in [6, 6.07) is 8.77. The summed E-state index contributed by atoms with van der Waals surface area (Å²) in [7, 11) is 0. The largest absolute Gasteiger partial charge is 0.379 e. The Morgan fingerprint density at radius 3 is 2.56 bits per heavy atom. The lowest BCUT2D eigenvalue weighted by Crippen LogP contribution is -2.43. The van der Waals surface area contributed by atoms with Gasteiger partial charge in [-0.1, -0.05) is 31.4 Å². The van der Waals surface area contributed by atoms with E-state index in [0.29, 0.717) is 6.54 Å². The maximum absolute atomic E-state index is 12.2. The summed E-state index contributed by atoms with van der Waals surface area (Å²) < 4.78 is 5.32. The number of carbonyl (C=O) groups is 1. The average Bonchev–Trinajstić information content (AvgIpc) is 2.64. The Hall–Kier alpha value is -1.04. The van der Waals surface area contributed by atoms with E-state index in [2.05, 4.69) is 41.4 Å². The predicted octanol–water partition coefficient (Wildman–Crippen LogP) is 3.62. The lowest BCUT2D eigenvalue weighted by molar-refractivity contribution is -0.123. The van der Waals surface area contributed by atoms with Gasteiger partial charge in [-0.05, 0) is 37.5 Å². The molecule has 1 amide bonds. The van der Waals surface area contributed by atoms with Gasteiger partial charge < -0.3 is 10.1 Å². The van der Waals surface area contributed by atoms with E-state index in [9.17, 15) is 4.79 Å². The zero-order valence-electron chi connectivity index (χ0n) is 15.2. The number of carbonyl (C=O) groups excluding carboxylic acids is 1. The molecule has 138 valence electrons. The first-order chi connectivity index (χ1) is 12.2. The van der Waals surface area contributed by atoms with Gasteiger partial charge in [0.15, 0.2) is 0 Å². The molecule has 2 fully saturated rings. The summed E-state index contributed by atoms with van der Waals surface area (Å²) in [6.07, 6.45) is 6.85. The van der Waals surface area contributed by atoms with E-state index in [1.807, 2.05) is 11.8 Å². The van der Waals surface area contributed by atoms with Crippen molar-refractivity contribution in [1.82, 2.24) is 10.2 Å². The lowest BCUT2D eigenvalue weighted by Gasteiger charge is -2.26. The minimum Gasteiger partial charge on any atom is -0.379 e. The van der Waals surface area contributed by atoms with Crippen LogP contribution in [0.4, 0.5) is 0 Å². The summed E-state index contributed by atoms with van der Waals surface area (Å²) in [4.78, 5) is 15.7. The number of morpholine rings is 1. The van der Waals surface area contributed by atoms with Gasteiger partial charge in [0, 0.05) is 23.2 Å². The van der Waals surface area contributed by atoms with E-state index < -0.39 is 0 Å². The zero-order valence-corrected chi connectivity index (χ0v) is 16.0. The van der Waals surface area contributed by atoms with Gasteiger partial charge in [-0.25, -0.2) is 0 Å². The van der Waals surface area contributed by atoms with Crippen molar-refractivity contribution >= 4 is 17.7 Å². The Morgan fingerprint density at radius 1 is 1.20 bits per heavy atom. The van der Waals surface area contributed by atoms with Gasteiger partial charge in [-0.2, -0.15) is 0 Å². The van der Waals surface area contributed by atoms with E-state index in [4.69, 9.17) is 4.74 Å². The van der Waals surface area contributed by atoms with E-state index in [1.54, 1.807) is 0 Å². The summed E-state index contributed by atoms with van der Waals surface area (Å²) in [5.41, 5.74) is 1.17. The first-order valence-electron chi connectivity index (χ1n) is 9.57. The Morgan fingerprint density at radius 2 is 1.88 bits per heavy atom. The Labute approximate surface area is 155 Å². The number of hydrogen-bond donors (Lipinski definition) is 1. The highest BCUT2D eigenvalue weighted by Gasteiger charge is 2.17. The van der Waals surface area contributed by atoms with Gasteiger partial charge in [-0.3, -0.25) is 9.69 Å². The van der Waals surface area contributed by atoms with Crippen LogP contribution >= 0.6 is 11.8 Å². The number of thioether (sulfide) groups is 1. The Kier molecular flexibility index (Phi) is 7.20. The molecule has 5 heteroatoms. The van der Waals surface area contributed by atoms with Gasteiger partial charge >= 0.3 is 0 Å². The third kappa shape index (κ3) is 6.01. The van der Waals surface area contributed by atoms with Gasteiger partial charge in [0.05, 0.1) is 25.8 Å². The van der Waals surface area contributed by atoms with Crippen molar-refractivity contribution in [3.8, 4) is 0 Å². The molecule has 2 aliphatic rings. The van der Waals surface area contributed by atoms with Crippen LogP contribution in [0.25, 0.3) is 0 Å². The highest BCUT2D eigenvalue weighted by molar-refractivity contribution is 8.00. The molecule has 1 atom stereocenters. The number of rotatable bonds is 6. The van der Waals surface area contributed by atoms with Crippen molar-refractivity contribution in [3.63, 3.8) is 0 Å². The second kappa shape index (κ2) is 9.60. The molecule has 1 aliphatic carbocycles. The molecule has 1 N–H and O–H groups in total. The predicted molar refractivity (Wildman–Crippen MR) is 103 cm³/mol. The molecule has 1 saturated carbocycles. The fourth-order valence-electron chi connectivity index (χ4n) is 3.54. The van der Waals surface area contributed by atoms with Crippen LogP contribution in [0.15, 0.2) is 29.2 Å². The molecule has 0 bridgehead atoms. The zero-order chi connectivity index (χ0) is 17.5. The van der Waals surface area contributed by atoms with Crippen LogP contribution in [0.1, 0.15) is 50.6 Å². The van der Waals surface area contributed by atoms with Crippen molar-refractivity contribution in [3.05, 3.63) is 29.8 Å². The third-order valence-corrected chi connectivity index (χ3v) is 6.43. The van der Waals surface area contributed by atoms with E-state index in [0.717, 1.165) is 31.6 Å². The number of ether oxygens (including phenoxy) is 1. The second-order valence-corrected chi connectivity index (χ2v) is 8.50. The minimum atomic E-state index is 0.0438. The third-order valence-electron chi connectivity index (χ3n) is 5.08. The number of nitrogens with one attached hydrogen (secondary N) is 1. The Balaban J connectivity index is 1.46. The van der Waals surface area contributed by atoms with Crippen molar-refractivity contribution in [2.45, 2.75) is 55.2 Å². The number of nitrogens with zero attached hydrogens (tertiary/aromatic N) is 1. The summed E-state index contributed by atoms with van der Waals surface area (Å²) in [5, 5.41) is 3.90. The molecule has 1 unspecified atom stereocenters. The van der Waals surface area contributed by atoms with Crippen LogP contribution in [-0.2, 0) is 9.53 Å². The molecule has 1 heterocycles. The average molecular weight is 363 g/mol. The quantitative estimate of drug-likeness (QED) is 0.839. The summed E-state index contributed by atoms with van der Waals surface area (Å²) >= 11 is 2.02. The maximum atomic E-state index is 12.2. The SMILES string of the molecule is CC(NC(=O)CN1CCOCC1)c1ccc(SC2CCCCC2)cc1. The van der Waals surface area contributed by atoms with Crippen LogP contribution < -0.4 is 5.32 Å². The summed E-state index contributed by atoms with van der Waals surface area (Å²) in [5.74, 6) is 0.0926. The first kappa shape index (κ1) is 18.7. The topological polar surface area (TPSA) is 41.6 Å². The van der Waals surface area contributed by atoms with Crippen LogP contribution in [0, 0.1) is 0 Å². The van der Waals surface area contributed by atoms with Crippen LogP contribution in [-0.4, -0.2) is 48.9 Å². The molecule has 1 aliphatic heterocycles. The molecule has 1 aromatic carbocycles. The van der Waals surface area contributed by atoms with Crippen molar-refractivity contribution in [1.29, 1.82) is 0 Å². The first-order valence-corrected chi connectivity index (χ1v) is 10.4. The van der Waals surface area contributed by atoms with Crippen LogP contribution in [0.3, 0.4) is 0 Å². The molecule has 1 aromatic rings.